The number of hydrogen-bond donors (Lipinski definition) is 11. The molecule has 2 aliphatic heterocycles. The highest BCUT2D eigenvalue weighted by molar-refractivity contribution is 7.47. The van der Waals surface area contributed by atoms with Crippen molar-refractivity contribution in [2.45, 2.75) is 375 Å². The Morgan fingerprint density at radius 3 is 1.24 bits per heavy atom. The summed E-state index contributed by atoms with van der Waals surface area (Å²) in [5.74, 6) is -2.25. The SMILES string of the molecule is CCCCCC/C=C\CCCCCCCCCC(=O)OCC(COP(=O)(O)OC1C(OC2OC(CO)C(O)C(O)C2O)C(O)C(O)C(O)C1OC1OC(COC(=O)CCCCCCCCCCCCCC)C(O)C(O)C1O)OC(=O)/C=C/C=C/CCCCCCCCCCCCC. The quantitative estimate of drug-likeness (QED) is 0.00513. The largest absolute Gasteiger partial charge is 0.472 e. The molecule has 1 aliphatic carbocycles. The van der Waals surface area contributed by atoms with Crippen LogP contribution < -0.4 is 0 Å². The number of rotatable bonds is 57. The molecule has 3 rings (SSSR count). The number of carbonyl (C=O) groups is 3. The minimum absolute atomic E-state index is 0.0200. The highest BCUT2D eigenvalue weighted by Gasteiger charge is 2.58. The lowest BCUT2D eigenvalue weighted by atomic mass is 9.84. The van der Waals surface area contributed by atoms with Crippen LogP contribution in [0.3, 0.4) is 0 Å². The smallest absolute Gasteiger partial charge is 0.463 e. The van der Waals surface area contributed by atoms with Gasteiger partial charge in [0.05, 0.1) is 13.2 Å². The van der Waals surface area contributed by atoms with Crippen molar-refractivity contribution >= 4 is 25.7 Å². The van der Waals surface area contributed by atoms with Crippen molar-refractivity contribution in [2.75, 3.05) is 26.4 Å². The number of aliphatic hydroxyl groups is 10. The average Bonchev–Trinajstić information content (AvgIpc) is 0.763. The van der Waals surface area contributed by atoms with E-state index in [2.05, 4.69) is 32.9 Å². The molecule has 566 valence electrons. The summed E-state index contributed by atoms with van der Waals surface area (Å²) in [5.41, 5.74) is 0. The molecule has 97 heavy (non-hydrogen) atoms. The van der Waals surface area contributed by atoms with Crippen molar-refractivity contribution in [2.24, 2.45) is 0 Å². The lowest BCUT2D eigenvalue weighted by molar-refractivity contribution is -0.360. The van der Waals surface area contributed by atoms with E-state index in [1.165, 1.54) is 122 Å². The van der Waals surface area contributed by atoms with Crippen molar-refractivity contribution < 1.29 is 117 Å². The van der Waals surface area contributed by atoms with Gasteiger partial charge in [-0.1, -0.05) is 237 Å². The number of hydrogen-bond acceptors (Lipinski definition) is 23. The summed E-state index contributed by atoms with van der Waals surface area (Å²) >= 11 is 0. The number of allylic oxidation sites excluding steroid dienone is 5. The molecule has 0 aromatic heterocycles. The van der Waals surface area contributed by atoms with Gasteiger partial charge >= 0.3 is 25.7 Å². The fraction of sp³-hybridized carbons (Fsp3) is 0.875. The van der Waals surface area contributed by atoms with Crippen LogP contribution >= 0.6 is 7.82 Å². The summed E-state index contributed by atoms with van der Waals surface area (Å²) in [6.07, 6.45) is 15.7. The van der Waals surface area contributed by atoms with Gasteiger partial charge in [-0.15, -0.1) is 0 Å². The van der Waals surface area contributed by atoms with Gasteiger partial charge in [0.25, 0.3) is 0 Å². The predicted molar refractivity (Wildman–Crippen MR) is 365 cm³/mol. The van der Waals surface area contributed by atoms with Crippen molar-refractivity contribution in [3.63, 3.8) is 0 Å². The third-order valence-electron chi connectivity index (χ3n) is 18.3. The Kier molecular flexibility index (Phi) is 49.1. The predicted octanol–water partition coefficient (Wildman–Crippen LogP) is 9.90. The van der Waals surface area contributed by atoms with Crippen molar-refractivity contribution in [3.8, 4) is 0 Å². The lowest BCUT2D eigenvalue weighted by Crippen LogP contribution is -2.69. The lowest BCUT2D eigenvalue weighted by Gasteiger charge is -2.49. The molecule has 2 saturated heterocycles. The number of phosphoric acid groups is 1. The van der Waals surface area contributed by atoms with E-state index in [-0.39, 0.29) is 12.8 Å². The Hall–Kier alpha value is -2.82. The summed E-state index contributed by atoms with van der Waals surface area (Å²) in [5, 5.41) is 110. The van der Waals surface area contributed by atoms with E-state index >= 15 is 0 Å². The van der Waals surface area contributed by atoms with Crippen molar-refractivity contribution in [3.05, 3.63) is 36.5 Å². The first kappa shape index (κ1) is 88.4. The fourth-order valence-corrected chi connectivity index (χ4v) is 13.1. The monoisotopic (exact) mass is 1410 g/mol. The molecular formula is C72H129O24P. The van der Waals surface area contributed by atoms with Crippen LogP contribution in [0.15, 0.2) is 36.5 Å². The van der Waals surface area contributed by atoms with Gasteiger partial charge in [0.2, 0.25) is 0 Å². The van der Waals surface area contributed by atoms with Crippen LogP contribution in [0.25, 0.3) is 0 Å². The van der Waals surface area contributed by atoms with E-state index < -0.39 is 156 Å². The van der Waals surface area contributed by atoms with Gasteiger partial charge < -0.3 is 89.1 Å². The molecule has 2 heterocycles. The van der Waals surface area contributed by atoms with Crippen LogP contribution in [0, 0.1) is 0 Å². The van der Waals surface area contributed by atoms with Gasteiger partial charge in [-0.05, 0) is 51.4 Å². The molecule has 24 nitrogen and oxygen atoms in total. The number of carbonyl (C=O) groups excluding carboxylic acids is 3. The average molecular weight is 1410 g/mol. The second kappa shape index (κ2) is 53.9. The van der Waals surface area contributed by atoms with E-state index in [0.29, 0.717) is 12.8 Å². The van der Waals surface area contributed by atoms with Crippen LogP contribution in [0.2, 0.25) is 0 Å². The van der Waals surface area contributed by atoms with Crippen LogP contribution in [0.1, 0.15) is 271 Å². The topological polar surface area (TPSA) is 374 Å². The minimum Gasteiger partial charge on any atom is -0.463 e. The number of unbranched alkanes of at least 4 members (excludes halogenated alkanes) is 33. The zero-order valence-corrected chi connectivity index (χ0v) is 59.8. The first-order valence-electron chi connectivity index (χ1n) is 37.3. The molecule has 0 aromatic rings. The Morgan fingerprint density at radius 1 is 0.423 bits per heavy atom. The molecule has 25 heteroatoms. The van der Waals surface area contributed by atoms with E-state index in [9.17, 15) is 74.9 Å². The molecular weight excluding hydrogens is 1280 g/mol. The van der Waals surface area contributed by atoms with Gasteiger partial charge in [-0.2, -0.15) is 0 Å². The third-order valence-corrected chi connectivity index (χ3v) is 19.2. The summed E-state index contributed by atoms with van der Waals surface area (Å²) in [6, 6.07) is 0. The van der Waals surface area contributed by atoms with E-state index in [0.717, 1.165) is 115 Å². The minimum atomic E-state index is -5.72. The second-order valence-corrected chi connectivity index (χ2v) is 28.1. The number of phosphoric ester groups is 1. The number of ether oxygens (including phenoxy) is 7. The first-order valence-corrected chi connectivity index (χ1v) is 38.8. The van der Waals surface area contributed by atoms with Gasteiger partial charge in [-0.25, -0.2) is 9.36 Å². The van der Waals surface area contributed by atoms with Gasteiger partial charge in [-0.3, -0.25) is 18.6 Å². The molecule has 0 amide bonds. The highest BCUT2D eigenvalue weighted by Crippen LogP contribution is 2.49. The molecule has 11 N–H and O–H groups in total. The van der Waals surface area contributed by atoms with E-state index in [1.54, 1.807) is 6.08 Å². The number of aliphatic hydroxyl groups excluding tert-OH is 10. The third kappa shape index (κ3) is 37.3. The van der Waals surface area contributed by atoms with Crippen LogP contribution in [-0.2, 0) is 61.2 Å². The summed E-state index contributed by atoms with van der Waals surface area (Å²) < 4.78 is 64.7. The molecule has 0 aromatic carbocycles. The standard InChI is InChI=1S/C72H129O24P/c1-4-7-10-13-16-19-22-25-27-29-32-35-37-40-43-46-56(74)88-50-53(91-58(76)48-45-42-39-36-33-30-28-26-23-20-17-14-11-8-5-2)51-90-97(86,87)96-70-68(94-71-66(84)61(79)59(77)54(49-73)92-71)64(82)63(81)65(83)69(70)95-72-67(85)62(80)60(78)55(93-72)52-89-57(75)47-44-41-38-34-31-24-21-18-15-12-9-6-3/h19,22,39,42,45,48,53-55,59-73,77-85H,4-18,20-21,23-38,40-41,43-44,46-47,49-52H2,1-3H3,(H,86,87)/b22-19-,42-39+,48-45+. The number of esters is 3. The highest BCUT2D eigenvalue weighted by atomic mass is 31.2. The maximum absolute atomic E-state index is 14.3. The Labute approximate surface area is 578 Å². The maximum Gasteiger partial charge on any atom is 0.472 e. The van der Waals surface area contributed by atoms with Crippen molar-refractivity contribution in [1.29, 1.82) is 0 Å². The Bertz CT molecular complexity index is 2150. The molecule has 0 bridgehead atoms. The molecule has 3 aliphatic rings. The van der Waals surface area contributed by atoms with E-state index in [1.807, 2.05) is 6.08 Å². The molecule has 3 fully saturated rings. The van der Waals surface area contributed by atoms with Gasteiger partial charge in [0, 0.05) is 18.9 Å². The molecule has 0 spiro atoms. The van der Waals surface area contributed by atoms with Gasteiger partial charge in [0.15, 0.2) is 18.7 Å². The van der Waals surface area contributed by atoms with Gasteiger partial charge in [0.1, 0.15) is 98.7 Å². The summed E-state index contributed by atoms with van der Waals surface area (Å²) in [6.45, 7) is 3.31. The fourth-order valence-electron chi connectivity index (χ4n) is 12.1. The molecule has 18 unspecified atom stereocenters. The van der Waals surface area contributed by atoms with Crippen LogP contribution in [-0.4, -0.2) is 204 Å². The van der Waals surface area contributed by atoms with E-state index in [4.69, 9.17) is 42.2 Å². The molecule has 0 radical (unpaired) electrons. The zero-order valence-electron chi connectivity index (χ0n) is 58.9. The summed E-state index contributed by atoms with van der Waals surface area (Å²) in [4.78, 5) is 50.8. The Morgan fingerprint density at radius 2 is 0.794 bits per heavy atom. The maximum atomic E-state index is 14.3. The summed E-state index contributed by atoms with van der Waals surface area (Å²) in [7, 11) is -5.72. The first-order chi connectivity index (χ1) is 46.8. The Balaban J connectivity index is 1.76. The molecule has 1 saturated carbocycles. The normalized spacial score (nSPS) is 28.0. The van der Waals surface area contributed by atoms with Crippen molar-refractivity contribution in [1.82, 2.24) is 0 Å². The second-order valence-electron chi connectivity index (χ2n) is 26.7. The zero-order chi connectivity index (χ0) is 71.1. The van der Waals surface area contributed by atoms with Crippen LogP contribution in [0.4, 0.5) is 0 Å². The van der Waals surface area contributed by atoms with Crippen LogP contribution in [0.5, 0.6) is 0 Å². The molecule has 18 atom stereocenters.